The third-order valence-electron chi connectivity index (χ3n) is 3.12. The Morgan fingerprint density at radius 1 is 1.00 bits per heavy atom. The van der Waals surface area contributed by atoms with Crippen LogP contribution in [0, 0.1) is 0 Å². The molecule has 108 valence electrons. The topological polar surface area (TPSA) is 52.6 Å². The van der Waals surface area contributed by atoms with E-state index in [0.29, 0.717) is 0 Å². The summed E-state index contributed by atoms with van der Waals surface area (Å²) < 4.78 is 9.30. The number of hydrogen-bond donors (Lipinski definition) is 0. The molecule has 2 rings (SSSR count). The largest absolute Gasteiger partial charge is 0.469 e. The van der Waals surface area contributed by atoms with Gasteiger partial charge >= 0.3 is 11.9 Å². The third kappa shape index (κ3) is 3.69. The van der Waals surface area contributed by atoms with E-state index < -0.39 is 11.9 Å². The first-order valence-electron chi connectivity index (χ1n) is 6.48. The molecule has 0 heterocycles. The molecule has 0 radical (unpaired) electrons. The molecule has 0 unspecified atom stereocenters. The highest BCUT2D eigenvalue weighted by molar-refractivity contribution is 5.98. The van der Waals surface area contributed by atoms with Crippen LogP contribution in [0.5, 0.6) is 0 Å². The lowest BCUT2D eigenvalue weighted by Crippen LogP contribution is -2.10. The van der Waals surface area contributed by atoms with Crippen molar-refractivity contribution in [2.24, 2.45) is 0 Å². The molecule has 0 aromatic heterocycles. The van der Waals surface area contributed by atoms with Crippen LogP contribution < -0.4 is 0 Å². The van der Waals surface area contributed by atoms with Gasteiger partial charge in [0.15, 0.2) is 0 Å². The third-order valence-corrected chi connectivity index (χ3v) is 3.12. The molecule has 4 nitrogen and oxygen atoms in total. The van der Waals surface area contributed by atoms with E-state index in [1.165, 1.54) is 14.2 Å². The van der Waals surface area contributed by atoms with Gasteiger partial charge in [-0.15, -0.1) is 0 Å². The van der Waals surface area contributed by atoms with Crippen LogP contribution >= 0.6 is 0 Å². The molecule has 0 amide bonds. The summed E-state index contributed by atoms with van der Waals surface area (Å²) in [5.74, 6) is -1.01. The van der Waals surface area contributed by atoms with Crippen molar-refractivity contribution in [2.45, 2.75) is 6.42 Å². The zero-order valence-electron chi connectivity index (χ0n) is 12.0. The quantitative estimate of drug-likeness (QED) is 0.640. The van der Waals surface area contributed by atoms with Crippen molar-refractivity contribution in [3.05, 3.63) is 53.6 Å². The normalized spacial score (nSPS) is 11.2. The molecule has 0 saturated heterocycles. The maximum atomic E-state index is 11.7. The smallest absolute Gasteiger partial charge is 0.334 e. The van der Waals surface area contributed by atoms with E-state index in [9.17, 15) is 9.59 Å². The molecule has 2 aromatic rings. The van der Waals surface area contributed by atoms with Crippen molar-refractivity contribution in [1.82, 2.24) is 0 Å². The van der Waals surface area contributed by atoms with E-state index in [-0.39, 0.29) is 12.0 Å². The van der Waals surface area contributed by atoms with Gasteiger partial charge in [-0.3, -0.25) is 4.79 Å². The maximum absolute atomic E-state index is 11.7. The number of ether oxygens (including phenoxy) is 2. The van der Waals surface area contributed by atoms with Crippen molar-refractivity contribution in [2.75, 3.05) is 14.2 Å². The van der Waals surface area contributed by atoms with E-state index in [0.717, 1.165) is 16.3 Å². The molecule has 0 saturated carbocycles. The molecule has 0 N–H and O–H groups in total. The van der Waals surface area contributed by atoms with Crippen molar-refractivity contribution in [1.29, 1.82) is 0 Å². The lowest BCUT2D eigenvalue weighted by molar-refractivity contribution is -0.143. The lowest BCUT2D eigenvalue weighted by Gasteiger charge is -2.05. The molecule has 2 aromatic carbocycles. The fraction of sp³-hybridized carbons (Fsp3) is 0.176. The number of hydrogen-bond acceptors (Lipinski definition) is 4. The van der Waals surface area contributed by atoms with Gasteiger partial charge in [0.25, 0.3) is 0 Å². The van der Waals surface area contributed by atoms with E-state index >= 15 is 0 Å². The lowest BCUT2D eigenvalue weighted by atomic mass is 10.0. The Bertz CT molecular complexity index is 701. The predicted molar refractivity (Wildman–Crippen MR) is 80.6 cm³/mol. The van der Waals surface area contributed by atoms with Gasteiger partial charge in [0.1, 0.15) is 0 Å². The van der Waals surface area contributed by atoms with E-state index in [2.05, 4.69) is 4.74 Å². The molecule has 0 fully saturated rings. The molecule has 0 aliphatic heterocycles. The highest BCUT2D eigenvalue weighted by Gasteiger charge is 2.14. The van der Waals surface area contributed by atoms with Gasteiger partial charge in [-0.1, -0.05) is 36.4 Å². The molecule has 0 atom stereocenters. The summed E-state index contributed by atoms with van der Waals surface area (Å²) in [6, 6.07) is 13.7. The molecular formula is C17H16O4. The fourth-order valence-electron chi connectivity index (χ4n) is 2.04. The number of methoxy groups -OCH3 is 2. The van der Waals surface area contributed by atoms with E-state index in [4.69, 9.17) is 4.74 Å². The summed E-state index contributed by atoms with van der Waals surface area (Å²) in [5, 5.41) is 2.18. The first-order valence-corrected chi connectivity index (χ1v) is 6.48. The number of benzene rings is 2. The Morgan fingerprint density at radius 2 is 1.71 bits per heavy atom. The van der Waals surface area contributed by atoms with Gasteiger partial charge in [0, 0.05) is 5.57 Å². The zero-order valence-corrected chi connectivity index (χ0v) is 12.0. The second-order valence-corrected chi connectivity index (χ2v) is 4.52. The van der Waals surface area contributed by atoms with Crippen LogP contribution in [0.1, 0.15) is 12.0 Å². The Balaban J connectivity index is 2.38. The Hall–Kier alpha value is -2.62. The highest BCUT2D eigenvalue weighted by atomic mass is 16.5. The summed E-state index contributed by atoms with van der Waals surface area (Å²) in [7, 11) is 2.57. The van der Waals surface area contributed by atoms with Crippen molar-refractivity contribution < 1.29 is 19.1 Å². The van der Waals surface area contributed by atoms with Gasteiger partial charge < -0.3 is 9.47 Å². The van der Waals surface area contributed by atoms with Gasteiger partial charge in [-0.2, -0.15) is 0 Å². The van der Waals surface area contributed by atoms with Crippen LogP contribution in [-0.2, 0) is 19.1 Å². The summed E-state index contributed by atoms with van der Waals surface area (Å²) in [6.07, 6.45) is 1.53. The van der Waals surface area contributed by atoms with Gasteiger partial charge in [0.05, 0.1) is 20.6 Å². The van der Waals surface area contributed by atoms with E-state index in [1.54, 1.807) is 6.08 Å². The summed E-state index contributed by atoms with van der Waals surface area (Å²) in [5.41, 5.74) is 1.10. The average Bonchev–Trinajstić information content (AvgIpc) is 2.53. The molecule has 0 aliphatic rings. The fourth-order valence-corrected chi connectivity index (χ4v) is 2.04. The minimum atomic E-state index is -0.534. The standard InChI is InChI=1S/C17H16O4/c1-20-16(18)11-15(17(19)21-2)10-12-7-8-13-5-3-4-6-14(13)9-12/h3-10H,11H2,1-2H3. The second kappa shape index (κ2) is 6.70. The van der Waals surface area contributed by atoms with E-state index in [1.807, 2.05) is 42.5 Å². The first kappa shape index (κ1) is 14.8. The minimum Gasteiger partial charge on any atom is -0.469 e. The number of rotatable bonds is 4. The van der Waals surface area contributed by atoms with Gasteiger partial charge in [0.2, 0.25) is 0 Å². The molecular weight excluding hydrogens is 268 g/mol. The molecule has 0 bridgehead atoms. The Labute approximate surface area is 123 Å². The SMILES string of the molecule is COC(=O)CC(=Cc1ccc2ccccc2c1)C(=O)OC. The summed E-state index contributed by atoms with van der Waals surface area (Å²) in [4.78, 5) is 23.1. The van der Waals surface area contributed by atoms with Crippen LogP contribution in [0.15, 0.2) is 48.0 Å². The predicted octanol–water partition coefficient (Wildman–Crippen LogP) is 2.96. The summed E-state index contributed by atoms with van der Waals surface area (Å²) >= 11 is 0. The Kier molecular flexibility index (Phi) is 4.72. The second-order valence-electron chi connectivity index (χ2n) is 4.52. The number of fused-ring (bicyclic) bond motifs is 1. The van der Waals surface area contributed by atoms with Crippen molar-refractivity contribution >= 4 is 28.8 Å². The van der Waals surface area contributed by atoms with Gasteiger partial charge in [-0.25, -0.2) is 4.79 Å². The van der Waals surface area contributed by atoms with Gasteiger partial charge in [-0.05, 0) is 28.5 Å². The van der Waals surface area contributed by atoms with Crippen molar-refractivity contribution in [3.8, 4) is 0 Å². The van der Waals surface area contributed by atoms with Crippen LogP contribution in [0.2, 0.25) is 0 Å². The van der Waals surface area contributed by atoms with Crippen LogP contribution in [0.4, 0.5) is 0 Å². The van der Waals surface area contributed by atoms with Crippen LogP contribution in [0.3, 0.4) is 0 Å². The number of carbonyl (C=O) groups is 2. The molecule has 4 heteroatoms. The minimum absolute atomic E-state index is 0.115. The summed E-state index contributed by atoms with van der Waals surface area (Å²) in [6.45, 7) is 0. The number of esters is 2. The Morgan fingerprint density at radius 3 is 2.38 bits per heavy atom. The number of carbonyl (C=O) groups excluding carboxylic acids is 2. The average molecular weight is 284 g/mol. The highest BCUT2D eigenvalue weighted by Crippen LogP contribution is 2.19. The van der Waals surface area contributed by atoms with Crippen LogP contribution in [-0.4, -0.2) is 26.2 Å². The zero-order chi connectivity index (χ0) is 15.2. The molecule has 0 aliphatic carbocycles. The maximum Gasteiger partial charge on any atom is 0.334 e. The van der Waals surface area contributed by atoms with Crippen molar-refractivity contribution in [3.63, 3.8) is 0 Å². The first-order chi connectivity index (χ1) is 10.1. The molecule has 0 spiro atoms. The molecule has 21 heavy (non-hydrogen) atoms. The van der Waals surface area contributed by atoms with Crippen LogP contribution in [0.25, 0.3) is 16.8 Å². The monoisotopic (exact) mass is 284 g/mol.